The number of benzene rings is 2. The molecule has 0 saturated carbocycles. The highest BCUT2D eigenvalue weighted by Gasteiger charge is 2.20. The van der Waals surface area contributed by atoms with Crippen molar-refractivity contribution in [3.63, 3.8) is 0 Å². The molecule has 0 aliphatic heterocycles. The molecule has 1 N–H and O–H groups in total. The zero-order chi connectivity index (χ0) is 19.4. The van der Waals surface area contributed by atoms with E-state index in [-0.39, 0.29) is 15.7 Å². The van der Waals surface area contributed by atoms with Crippen LogP contribution in [0.2, 0.25) is 5.02 Å². The molecule has 8 heteroatoms. The van der Waals surface area contributed by atoms with Crippen LogP contribution in [0.3, 0.4) is 0 Å². The molecule has 0 aliphatic carbocycles. The van der Waals surface area contributed by atoms with Gasteiger partial charge in [0, 0.05) is 22.3 Å². The van der Waals surface area contributed by atoms with Crippen molar-refractivity contribution in [2.24, 2.45) is 0 Å². The topological polar surface area (TPSA) is 77.5 Å². The van der Waals surface area contributed by atoms with Gasteiger partial charge in [0.25, 0.3) is 10.0 Å². The SMILES string of the molecule is COc1ccccc1-c1cncc(NS(=O)(=O)c2cc(Cl)ccc2OC)c1. The molecule has 0 amide bonds. The number of para-hydroxylation sites is 1. The number of hydrogen-bond donors (Lipinski definition) is 1. The minimum absolute atomic E-state index is 0.0554. The first-order valence-corrected chi connectivity index (χ1v) is 9.75. The lowest BCUT2D eigenvalue weighted by Crippen LogP contribution is -2.14. The van der Waals surface area contributed by atoms with E-state index in [4.69, 9.17) is 21.1 Å². The number of anilines is 1. The standard InChI is InChI=1S/C19H17ClN2O4S/c1-25-17-6-4-3-5-16(17)13-9-15(12-21-11-13)22-27(23,24)19-10-14(20)7-8-18(19)26-2/h3-12,22H,1-2H3. The number of pyridine rings is 1. The molecule has 0 aliphatic rings. The molecule has 0 bridgehead atoms. The summed E-state index contributed by atoms with van der Waals surface area (Å²) in [6.07, 6.45) is 3.06. The molecule has 3 aromatic rings. The molecule has 0 atom stereocenters. The Morgan fingerprint density at radius 2 is 1.70 bits per heavy atom. The Morgan fingerprint density at radius 3 is 2.44 bits per heavy atom. The van der Waals surface area contributed by atoms with Crippen molar-refractivity contribution in [2.75, 3.05) is 18.9 Å². The van der Waals surface area contributed by atoms with Crippen molar-refractivity contribution in [2.45, 2.75) is 4.90 Å². The molecule has 1 aromatic heterocycles. The summed E-state index contributed by atoms with van der Waals surface area (Å²) in [5.41, 5.74) is 1.82. The van der Waals surface area contributed by atoms with Crippen LogP contribution in [0.4, 0.5) is 5.69 Å². The van der Waals surface area contributed by atoms with Crippen LogP contribution in [0.1, 0.15) is 0 Å². The molecule has 0 radical (unpaired) electrons. The Morgan fingerprint density at radius 1 is 0.963 bits per heavy atom. The predicted octanol–water partition coefficient (Wildman–Crippen LogP) is 4.22. The third-order valence-electron chi connectivity index (χ3n) is 3.82. The summed E-state index contributed by atoms with van der Waals surface area (Å²) in [6, 6.07) is 13.5. The van der Waals surface area contributed by atoms with Crippen LogP contribution in [0.5, 0.6) is 11.5 Å². The van der Waals surface area contributed by atoms with Gasteiger partial charge >= 0.3 is 0 Å². The molecule has 0 saturated heterocycles. The molecule has 0 unspecified atom stereocenters. The molecule has 1 heterocycles. The van der Waals surface area contributed by atoms with Gasteiger partial charge in [-0.05, 0) is 30.3 Å². The fraction of sp³-hybridized carbons (Fsp3) is 0.105. The van der Waals surface area contributed by atoms with Crippen LogP contribution < -0.4 is 14.2 Å². The van der Waals surface area contributed by atoms with E-state index in [0.717, 1.165) is 5.56 Å². The van der Waals surface area contributed by atoms with Gasteiger partial charge < -0.3 is 9.47 Å². The van der Waals surface area contributed by atoms with E-state index >= 15 is 0 Å². The number of halogens is 1. The lowest BCUT2D eigenvalue weighted by Gasteiger charge is -2.13. The number of aromatic nitrogens is 1. The maximum Gasteiger partial charge on any atom is 0.265 e. The average molecular weight is 405 g/mol. The summed E-state index contributed by atoms with van der Waals surface area (Å²) >= 11 is 5.95. The Bertz CT molecular complexity index is 1070. The van der Waals surface area contributed by atoms with Crippen LogP contribution in [-0.2, 0) is 10.0 Å². The number of methoxy groups -OCH3 is 2. The van der Waals surface area contributed by atoms with Crippen LogP contribution >= 0.6 is 11.6 Å². The lowest BCUT2D eigenvalue weighted by atomic mass is 10.1. The fourth-order valence-electron chi connectivity index (χ4n) is 2.60. The number of hydrogen-bond acceptors (Lipinski definition) is 5. The quantitative estimate of drug-likeness (QED) is 0.665. The Kier molecular flexibility index (Phi) is 5.53. The van der Waals surface area contributed by atoms with E-state index in [1.807, 2.05) is 24.3 Å². The molecule has 3 rings (SSSR count). The van der Waals surface area contributed by atoms with Crippen molar-refractivity contribution >= 4 is 27.3 Å². The normalized spacial score (nSPS) is 11.1. The first kappa shape index (κ1) is 19.0. The van der Waals surface area contributed by atoms with Crippen molar-refractivity contribution in [3.8, 4) is 22.6 Å². The van der Waals surface area contributed by atoms with Crippen molar-refractivity contribution in [1.82, 2.24) is 4.98 Å². The van der Waals surface area contributed by atoms with Crippen molar-refractivity contribution in [3.05, 3.63) is 65.9 Å². The molecule has 2 aromatic carbocycles. The zero-order valence-electron chi connectivity index (χ0n) is 14.6. The number of ether oxygens (including phenoxy) is 2. The maximum atomic E-state index is 12.8. The Hall–Kier alpha value is -2.77. The van der Waals surface area contributed by atoms with Crippen molar-refractivity contribution < 1.29 is 17.9 Å². The van der Waals surface area contributed by atoms with Crippen LogP contribution in [0.15, 0.2) is 65.8 Å². The second kappa shape index (κ2) is 7.85. The fourth-order valence-corrected chi connectivity index (χ4v) is 4.06. The molecule has 140 valence electrons. The van der Waals surface area contributed by atoms with Crippen LogP contribution in [0.25, 0.3) is 11.1 Å². The van der Waals surface area contributed by atoms with Crippen molar-refractivity contribution in [1.29, 1.82) is 0 Å². The van der Waals surface area contributed by atoms with Crippen LogP contribution in [0, 0.1) is 0 Å². The molecule has 0 spiro atoms. The predicted molar refractivity (Wildman–Crippen MR) is 105 cm³/mol. The highest BCUT2D eigenvalue weighted by molar-refractivity contribution is 7.92. The highest BCUT2D eigenvalue weighted by atomic mass is 35.5. The van der Waals surface area contributed by atoms with E-state index < -0.39 is 10.0 Å². The van der Waals surface area contributed by atoms with E-state index in [1.165, 1.54) is 25.4 Å². The summed E-state index contributed by atoms with van der Waals surface area (Å²) in [7, 11) is -0.955. The second-order valence-corrected chi connectivity index (χ2v) is 7.65. The average Bonchev–Trinajstić information content (AvgIpc) is 2.67. The summed E-state index contributed by atoms with van der Waals surface area (Å²) in [5.74, 6) is 0.858. The van der Waals surface area contributed by atoms with E-state index in [2.05, 4.69) is 9.71 Å². The van der Waals surface area contributed by atoms with E-state index in [0.29, 0.717) is 17.0 Å². The third-order valence-corrected chi connectivity index (χ3v) is 5.46. The Balaban J connectivity index is 1.98. The van der Waals surface area contributed by atoms with Gasteiger partial charge in [-0.1, -0.05) is 29.8 Å². The summed E-state index contributed by atoms with van der Waals surface area (Å²) in [4.78, 5) is 4.08. The minimum atomic E-state index is -3.92. The number of sulfonamides is 1. The first-order chi connectivity index (χ1) is 12.9. The summed E-state index contributed by atoms with van der Waals surface area (Å²) in [5, 5.41) is 0.289. The van der Waals surface area contributed by atoms with Gasteiger partial charge in [0.1, 0.15) is 16.4 Å². The highest BCUT2D eigenvalue weighted by Crippen LogP contribution is 2.32. The van der Waals surface area contributed by atoms with Gasteiger partial charge in [-0.3, -0.25) is 9.71 Å². The van der Waals surface area contributed by atoms with Gasteiger partial charge in [-0.2, -0.15) is 0 Å². The summed E-state index contributed by atoms with van der Waals surface area (Å²) in [6.45, 7) is 0. The first-order valence-electron chi connectivity index (χ1n) is 7.89. The summed E-state index contributed by atoms with van der Waals surface area (Å²) < 4.78 is 38.6. The maximum absolute atomic E-state index is 12.8. The lowest BCUT2D eigenvalue weighted by molar-refractivity contribution is 0.403. The smallest absolute Gasteiger partial charge is 0.265 e. The zero-order valence-corrected chi connectivity index (χ0v) is 16.2. The third kappa shape index (κ3) is 4.15. The minimum Gasteiger partial charge on any atom is -0.496 e. The number of rotatable bonds is 6. The Labute approximate surface area is 162 Å². The van der Waals surface area contributed by atoms with Gasteiger partial charge in [0.2, 0.25) is 0 Å². The van der Waals surface area contributed by atoms with Crippen LogP contribution in [-0.4, -0.2) is 27.6 Å². The largest absolute Gasteiger partial charge is 0.496 e. The second-order valence-electron chi connectivity index (χ2n) is 5.56. The molecule has 27 heavy (non-hydrogen) atoms. The number of nitrogens with one attached hydrogen (secondary N) is 1. The van der Waals surface area contributed by atoms with Gasteiger partial charge in [-0.15, -0.1) is 0 Å². The van der Waals surface area contributed by atoms with E-state index in [9.17, 15) is 8.42 Å². The molecule has 6 nitrogen and oxygen atoms in total. The van der Waals surface area contributed by atoms with E-state index in [1.54, 1.807) is 25.4 Å². The molecular formula is C19H17ClN2O4S. The monoisotopic (exact) mass is 404 g/mol. The molecule has 0 fully saturated rings. The van der Waals surface area contributed by atoms with Gasteiger partial charge in [-0.25, -0.2) is 8.42 Å². The van der Waals surface area contributed by atoms with Gasteiger partial charge in [0.05, 0.1) is 26.1 Å². The van der Waals surface area contributed by atoms with Gasteiger partial charge in [0.15, 0.2) is 0 Å². The molecular weight excluding hydrogens is 388 g/mol. The number of nitrogens with zero attached hydrogens (tertiary/aromatic N) is 1.